The van der Waals surface area contributed by atoms with E-state index in [0.717, 1.165) is 0 Å². The standard InChI is InChI=1S/C3H7BrO2/c1-2-5-3-6-4/h2-3H2,1H3. The van der Waals surface area contributed by atoms with E-state index in [1.54, 1.807) is 0 Å². The maximum absolute atomic E-state index is 4.71. The molecule has 0 aromatic carbocycles. The molecule has 0 amide bonds. The van der Waals surface area contributed by atoms with Gasteiger partial charge in [-0.25, -0.2) is 0 Å². The fraction of sp³-hybridized carbons (Fsp3) is 1.00. The summed E-state index contributed by atoms with van der Waals surface area (Å²) in [6, 6.07) is 0. The Morgan fingerprint density at radius 1 is 1.67 bits per heavy atom. The highest BCUT2D eigenvalue weighted by molar-refractivity contribution is 9.06. The van der Waals surface area contributed by atoms with Crippen LogP contribution in [-0.2, 0) is 8.57 Å². The second-order valence-corrected chi connectivity index (χ2v) is 1.18. The number of hydrogen-bond acceptors (Lipinski definition) is 2. The second kappa shape index (κ2) is 5.40. The molecule has 0 aromatic heterocycles. The quantitative estimate of drug-likeness (QED) is 0.451. The highest BCUT2D eigenvalue weighted by atomic mass is 79.9. The Kier molecular flexibility index (Phi) is 5.76. The molecule has 0 aliphatic rings. The van der Waals surface area contributed by atoms with E-state index >= 15 is 0 Å². The zero-order valence-electron chi connectivity index (χ0n) is 3.61. The summed E-state index contributed by atoms with van der Waals surface area (Å²) in [5.74, 6) is 0. The van der Waals surface area contributed by atoms with Gasteiger partial charge in [0.1, 0.15) is 16.3 Å². The van der Waals surface area contributed by atoms with E-state index in [-0.39, 0.29) is 0 Å². The third-order valence-corrected chi connectivity index (χ3v) is 0.519. The van der Waals surface area contributed by atoms with E-state index in [0.29, 0.717) is 13.4 Å². The normalized spacial score (nSPS) is 9.00. The topological polar surface area (TPSA) is 18.5 Å². The summed E-state index contributed by atoms with van der Waals surface area (Å²) in [7, 11) is 0. The zero-order valence-corrected chi connectivity index (χ0v) is 5.19. The molecule has 0 saturated heterocycles. The van der Waals surface area contributed by atoms with Crippen molar-refractivity contribution in [1.29, 1.82) is 0 Å². The lowest BCUT2D eigenvalue weighted by molar-refractivity contribution is 0.0418. The second-order valence-electron chi connectivity index (χ2n) is 0.720. The van der Waals surface area contributed by atoms with Crippen LogP contribution in [0.3, 0.4) is 0 Å². The molecule has 38 valence electrons. The van der Waals surface area contributed by atoms with Crippen molar-refractivity contribution in [2.75, 3.05) is 13.4 Å². The van der Waals surface area contributed by atoms with Crippen LogP contribution in [0, 0.1) is 0 Å². The van der Waals surface area contributed by atoms with Gasteiger partial charge in [0, 0.05) is 6.61 Å². The van der Waals surface area contributed by atoms with Crippen molar-refractivity contribution in [2.24, 2.45) is 0 Å². The minimum absolute atomic E-state index is 0.330. The van der Waals surface area contributed by atoms with Gasteiger partial charge in [0.15, 0.2) is 6.79 Å². The maximum atomic E-state index is 4.71. The third kappa shape index (κ3) is 4.40. The average molecular weight is 155 g/mol. The summed E-state index contributed by atoms with van der Waals surface area (Å²) >= 11 is 2.73. The van der Waals surface area contributed by atoms with Crippen LogP contribution in [0.4, 0.5) is 0 Å². The molecule has 0 aromatic rings. The summed E-state index contributed by atoms with van der Waals surface area (Å²) in [4.78, 5) is 0. The lowest BCUT2D eigenvalue weighted by atomic mass is 10.9. The Morgan fingerprint density at radius 2 is 2.33 bits per heavy atom. The van der Waals surface area contributed by atoms with E-state index in [2.05, 4.69) is 20.1 Å². The number of ether oxygens (including phenoxy) is 1. The van der Waals surface area contributed by atoms with Crippen molar-refractivity contribution < 1.29 is 8.57 Å². The van der Waals surface area contributed by atoms with Gasteiger partial charge < -0.3 is 4.74 Å². The molecule has 0 unspecified atom stereocenters. The Bertz CT molecular complexity index is 20.8. The van der Waals surface area contributed by atoms with Crippen LogP contribution >= 0.6 is 16.3 Å². The molecule has 0 fully saturated rings. The van der Waals surface area contributed by atoms with Gasteiger partial charge in [-0.1, -0.05) is 0 Å². The Labute approximate surface area is 45.9 Å². The summed E-state index contributed by atoms with van der Waals surface area (Å²) < 4.78 is 9.09. The minimum Gasteiger partial charge on any atom is -0.355 e. The number of hydrogen-bond donors (Lipinski definition) is 0. The van der Waals surface area contributed by atoms with Crippen LogP contribution in [-0.4, -0.2) is 13.4 Å². The highest BCUT2D eigenvalue weighted by Gasteiger charge is 1.73. The van der Waals surface area contributed by atoms with Crippen LogP contribution in [0.2, 0.25) is 0 Å². The monoisotopic (exact) mass is 154 g/mol. The van der Waals surface area contributed by atoms with Crippen LogP contribution < -0.4 is 0 Å². The van der Waals surface area contributed by atoms with Gasteiger partial charge >= 0.3 is 0 Å². The van der Waals surface area contributed by atoms with Crippen molar-refractivity contribution in [3.8, 4) is 0 Å². The Morgan fingerprint density at radius 3 is 2.50 bits per heavy atom. The highest BCUT2D eigenvalue weighted by Crippen LogP contribution is 1.82. The van der Waals surface area contributed by atoms with Gasteiger partial charge in [0.05, 0.1) is 0 Å². The smallest absolute Gasteiger partial charge is 0.159 e. The molecule has 3 heteroatoms. The fourth-order valence-corrected chi connectivity index (χ4v) is 0.247. The molecule has 0 radical (unpaired) electrons. The van der Waals surface area contributed by atoms with E-state index in [4.69, 9.17) is 4.74 Å². The van der Waals surface area contributed by atoms with E-state index in [1.807, 2.05) is 6.92 Å². The summed E-state index contributed by atoms with van der Waals surface area (Å²) in [5, 5.41) is 0. The van der Waals surface area contributed by atoms with E-state index in [1.165, 1.54) is 0 Å². The van der Waals surface area contributed by atoms with Crippen molar-refractivity contribution >= 4 is 16.3 Å². The Hall–Kier alpha value is 0.400. The zero-order chi connectivity index (χ0) is 4.83. The first-order valence-corrected chi connectivity index (χ1v) is 2.37. The lowest BCUT2D eigenvalue weighted by Crippen LogP contribution is -1.89. The first-order valence-electron chi connectivity index (χ1n) is 1.73. The van der Waals surface area contributed by atoms with Gasteiger partial charge in [-0.3, -0.25) is 3.83 Å². The number of halogens is 1. The Balaban J connectivity index is 2.34. The van der Waals surface area contributed by atoms with E-state index < -0.39 is 0 Å². The first kappa shape index (κ1) is 6.40. The fourth-order valence-electron chi connectivity index (χ4n) is 0.115. The van der Waals surface area contributed by atoms with Gasteiger partial charge in [0.2, 0.25) is 0 Å². The molecule has 0 spiro atoms. The maximum Gasteiger partial charge on any atom is 0.159 e. The van der Waals surface area contributed by atoms with Crippen LogP contribution in [0.15, 0.2) is 0 Å². The summed E-state index contributed by atoms with van der Waals surface area (Å²) in [6.45, 7) is 2.94. The third-order valence-electron chi connectivity index (χ3n) is 0.332. The summed E-state index contributed by atoms with van der Waals surface area (Å²) in [5.41, 5.74) is 0. The van der Waals surface area contributed by atoms with Crippen molar-refractivity contribution in [3.05, 3.63) is 0 Å². The molecule has 0 aliphatic carbocycles. The van der Waals surface area contributed by atoms with Crippen LogP contribution in [0.25, 0.3) is 0 Å². The average Bonchev–Trinajstić information content (AvgIpc) is 1.61. The molecule has 0 saturated carbocycles. The van der Waals surface area contributed by atoms with Crippen LogP contribution in [0.5, 0.6) is 0 Å². The lowest BCUT2D eigenvalue weighted by Gasteiger charge is -1.91. The predicted molar refractivity (Wildman–Crippen MR) is 26.5 cm³/mol. The van der Waals surface area contributed by atoms with Gasteiger partial charge in [-0.15, -0.1) is 0 Å². The molecule has 0 rings (SSSR count). The molecule has 0 bridgehead atoms. The van der Waals surface area contributed by atoms with Crippen molar-refractivity contribution in [3.63, 3.8) is 0 Å². The van der Waals surface area contributed by atoms with Crippen molar-refractivity contribution in [2.45, 2.75) is 6.92 Å². The van der Waals surface area contributed by atoms with Gasteiger partial charge in [-0.2, -0.15) is 0 Å². The molecule has 0 heterocycles. The molecule has 2 nitrogen and oxygen atoms in total. The largest absolute Gasteiger partial charge is 0.355 e. The molecular weight excluding hydrogens is 148 g/mol. The van der Waals surface area contributed by atoms with E-state index in [9.17, 15) is 0 Å². The SMILES string of the molecule is CCOCOBr. The minimum atomic E-state index is 0.330. The predicted octanol–water partition coefficient (Wildman–Crippen LogP) is 1.31. The summed E-state index contributed by atoms with van der Waals surface area (Å²) in [6.07, 6.45) is 0. The van der Waals surface area contributed by atoms with Gasteiger partial charge in [-0.05, 0) is 6.92 Å². The molecule has 0 atom stereocenters. The molecule has 0 N–H and O–H groups in total. The number of rotatable bonds is 3. The molecule has 0 aliphatic heterocycles. The molecular formula is C3H7BrO2. The van der Waals surface area contributed by atoms with Crippen LogP contribution in [0.1, 0.15) is 6.92 Å². The molecule has 6 heavy (non-hydrogen) atoms. The van der Waals surface area contributed by atoms with Gasteiger partial charge in [0.25, 0.3) is 0 Å². The van der Waals surface area contributed by atoms with Crippen molar-refractivity contribution in [1.82, 2.24) is 0 Å². The first-order chi connectivity index (χ1) is 2.91.